The molecule has 2 aromatic heterocycles. The summed E-state index contributed by atoms with van der Waals surface area (Å²) in [4.78, 5) is 8.41. The van der Waals surface area contributed by atoms with Gasteiger partial charge < -0.3 is 10.6 Å². The lowest BCUT2D eigenvalue weighted by Gasteiger charge is -2.11. The number of nitrogens with zero attached hydrogens (tertiary/aromatic N) is 4. The maximum Gasteiger partial charge on any atom is 0.191 e. The second kappa shape index (κ2) is 9.29. The Hall–Kier alpha value is -1.64. The smallest absolute Gasteiger partial charge is 0.191 e. The van der Waals surface area contributed by atoms with Gasteiger partial charge in [0.05, 0.1) is 18.8 Å². The van der Waals surface area contributed by atoms with Crippen molar-refractivity contribution in [1.29, 1.82) is 0 Å². The van der Waals surface area contributed by atoms with Crippen molar-refractivity contribution in [3.05, 3.63) is 48.5 Å². The highest BCUT2D eigenvalue weighted by Gasteiger charge is 1.98. The van der Waals surface area contributed by atoms with E-state index >= 15 is 0 Å². The highest BCUT2D eigenvalue weighted by molar-refractivity contribution is 14.0. The van der Waals surface area contributed by atoms with Crippen LogP contribution >= 0.6 is 24.0 Å². The minimum absolute atomic E-state index is 0. The molecule has 2 aromatic rings. The fourth-order valence-corrected chi connectivity index (χ4v) is 1.62. The topological polar surface area (TPSA) is 67.1 Å². The van der Waals surface area contributed by atoms with Crippen molar-refractivity contribution in [3.63, 3.8) is 0 Å². The van der Waals surface area contributed by atoms with Gasteiger partial charge in [0.2, 0.25) is 0 Å². The average molecular weight is 386 g/mol. The van der Waals surface area contributed by atoms with Crippen molar-refractivity contribution >= 4 is 29.9 Å². The lowest BCUT2D eigenvalue weighted by molar-refractivity contribution is 0.597. The van der Waals surface area contributed by atoms with Crippen LogP contribution in [0.4, 0.5) is 0 Å². The molecule has 2 rings (SSSR count). The molecule has 0 spiro atoms. The maximum atomic E-state index is 4.25. The van der Waals surface area contributed by atoms with Gasteiger partial charge in [-0.25, -0.2) is 0 Å². The summed E-state index contributed by atoms with van der Waals surface area (Å²) >= 11 is 0. The van der Waals surface area contributed by atoms with Gasteiger partial charge in [-0.2, -0.15) is 5.10 Å². The van der Waals surface area contributed by atoms with Gasteiger partial charge in [0.25, 0.3) is 0 Å². The van der Waals surface area contributed by atoms with E-state index in [2.05, 4.69) is 25.7 Å². The molecule has 0 fully saturated rings. The standard InChI is InChI=1S/C13H18N6.HI/c1-14-13(16-8-10-19-9-4-7-18-19)17-11-12-5-2-3-6-15-12;/h2-7,9H,8,10-11H2,1H3,(H2,14,16,17);1H. The van der Waals surface area contributed by atoms with E-state index in [4.69, 9.17) is 0 Å². The Morgan fingerprint density at radius 3 is 2.80 bits per heavy atom. The summed E-state index contributed by atoms with van der Waals surface area (Å²) in [6.45, 7) is 2.23. The molecule has 0 radical (unpaired) electrons. The van der Waals surface area contributed by atoms with Crippen LogP contribution in [0.5, 0.6) is 0 Å². The summed E-state index contributed by atoms with van der Waals surface area (Å²) in [5, 5.41) is 10.6. The Bertz CT molecular complexity index is 497. The lowest BCUT2D eigenvalue weighted by atomic mass is 10.3. The predicted molar refractivity (Wildman–Crippen MR) is 90.1 cm³/mol. The summed E-state index contributed by atoms with van der Waals surface area (Å²) in [5.41, 5.74) is 0.984. The Balaban J connectivity index is 0.00000200. The first-order valence-corrected chi connectivity index (χ1v) is 6.20. The minimum atomic E-state index is 0. The number of aromatic nitrogens is 3. The Labute approximate surface area is 135 Å². The molecule has 20 heavy (non-hydrogen) atoms. The van der Waals surface area contributed by atoms with Gasteiger partial charge in [0, 0.05) is 32.2 Å². The largest absolute Gasteiger partial charge is 0.355 e. The van der Waals surface area contributed by atoms with Crippen LogP contribution in [-0.4, -0.2) is 34.3 Å². The molecular weight excluding hydrogens is 367 g/mol. The second-order valence-electron chi connectivity index (χ2n) is 3.94. The molecule has 0 unspecified atom stereocenters. The third kappa shape index (κ3) is 5.55. The van der Waals surface area contributed by atoms with Crippen LogP contribution < -0.4 is 10.6 Å². The van der Waals surface area contributed by atoms with E-state index in [1.165, 1.54) is 0 Å². The first-order valence-electron chi connectivity index (χ1n) is 6.20. The van der Waals surface area contributed by atoms with Gasteiger partial charge in [0.15, 0.2) is 5.96 Å². The molecule has 7 heteroatoms. The van der Waals surface area contributed by atoms with Crippen LogP contribution in [-0.2, 0) is 13.1 Å². The quantitative estimate of drug-likeness (QED) is 0.462. The van der Waals surface area contributed by atoms with Gasteiger partial charge in [-0.1, -0.05) is 6.07 Å². The summed E-state index contributed by atoms with van der Waals surface area (Å²) in [6, 6.07) is 7.76. The molecule has 0 atom stereocenters. The molecule has 108 valence electrons. The number of aliphatic imine (C=N–C) groups is 1. The fraction of sp³-hybridized carbons (Fsp3) is 0.308. The molecule has 6 nitrogen and oxygen atoms in total. The SMILES string of the molecule is CN=C(NCCn1cccn1)NCc1ccccn1.I. The molecule has 2 heterocycles. The predicted octanol–water partition coefficient (Wildman–Crippen LogP) is 1.26. The van der Waals surface area contributed by atoms with Gasteiger partial charge in [-0.3, -0.25) is 14.7 Å². The molecule has 0 amide bonds. The van der Waals surface area contributed by atoms with Gasteiger partial charge in [-0.15, -0.1) is 24.0 Å². The molecule has 0 aliphatic rings. The van der Waals surface area contributed by atoms with Crippen LogP contribution in [0.3, 0.4) is 0 Å². The summed E-state index contributed by atoms with van der Waals surface area (Å²) in [5.74, 6) is 0.762. The molecule has 0 bridgehead atoms. The number of halogens is 1. The number of rotatable bonds is 5. The third-order valence-electron chi connectivity index (χ3n) is 2.58. The number of hydrogen-bond donors (Lipinski definition) is 2. The lowest BCUT2D eigenvalue weighted by Crippen LogP contribution is -2.38. The van der Waals surface area contributed by atoms with Gasteiger partial charge >= 0.3 is 0 Å². The first kappa shape index (κ1) is 16.4. The summed E-state index contributed by atoms with van der Waals surface area (Å²) in [6.07, 6.45) is 5.49. The first-order chi connectivity index (χ1) is 9.38. The van der Waals surface area contributed by atoms with Crippen molar-refractivity contribution in [2.24, 2.45) is 4.99 Å². The average Bonchev–Trinajstić information content (AvgIpc) is 2.97. The zero-order valence-corrected chi connectivity index (χ0v) is 13.7. The van der Waals surface area contributed by atoms with E-state index in [9.17, 15) is 0 Å². The third-order valence-corrected chi connectivity index (χ3v) is 2.58. The molecule has 2 N–H and O–H groups in total. The van der Waals surface area contributed by atoms with Crippen molar-refractivity contribution < 1.29 is 0 Å². The molecule has 0 saturated carbocycles. The van der Waals surface area contributed by atoms with Crippen molar-refractivity contribution in [1.82, 2.24) is 25.4 Å². The Morgan fingerprint density at radius 1 is 1.25 bits per heavy atom. The Morgan fingerprint density at radius 2 is 2.15 bits per heavy atom. The van der Waals surface area contributed by atoms with E-state index in [0.29, 0.717) is 6.54 Å². The van der Waals surface area contributed by atoms with Crippen molar-refractivity contribution in [2.75, 3.05) is 13.6 Å². The maximum absolute atomic E-state index is 4.25. The van der Waals surface area contributed by atoms with Gasteiger partial charge in [0.1, 0.15) is 0 Å². The zero-order valence-electron chi connectivity index (χ0n) is 11.4. The zero-order chi connectivity index (χ0) is 13.3. The van der Waals surface area contributed by atoms with Crippen LogP contribution in [0.15, 0.2) is 47.8 Å². The molecule has 0 saturated heterocycles. The number of guanidine groups is 1. The van der Waals surface area contributed by atoms with Crippen LogP contribution in [0.25, 0.3) is 0 Å². The van der Waals surface area contributed by atoms with Crippen LogP contribution in [0.2, 0.25) is 0 Å². The molecule has 0 aliphatic carbocycles. The Kier molecular flexibility index (Phi) is 7.63. The fourth-order valence-electron chi connectivity index (χ4n) is 1.62. The van der Waals surface area contributed by atoms with E-state index in [1.807, 2.05) is 35.1 Å². The molecule has 0 aliphatic heterocycles. The summed E-state index contributed by atoms with van der Waals surface area (Å²) < 4.78 is 1.87. The van der Waals surface area contributed by atoms with Crippen LogP contribution in [0, 0.1) is 0 Å². The number of hydrogen-bond acceptors (Lipinski definition) is 3. The molecule has 0 aromatic carbocycles. The normalized spacial score (nSPS) is 10.8. The number of nitrogens with one attached hydrogen (secondary N) is 2. The monoisotopic (exact) mass is 386 g/mol. The van der Waals surface area contributed by atoms with Crippen LogP contribution in [0.1, 0.15) is 5.69 Å². The van der Waals surface area contributed by atoms with Gasteiger partial charge in [-0.05, 0) is 18.2 Å². The van der Waals surface area contributed by atoms with Crippen molar-refractivity contribution in [3.8, 4) is 0 Å². The number of pyridine rings is 1. The van der Waals surface area contributed by atoms with E-state index < -0.39 is 0 Å². The second-order valence-corrected chi connectivity index (χ2v) is 3.94. The molecular formula is C13H19IN6. The highest BCUT2D eigenvalue weighted by Crippen LogP contribution is 1.91. The van der Waals surface area contributed by atoms with E-state index in [-0.39, 0.29) is 24.0 Å². The van der Waals surface area contributed by atoms with E-state index in [0.717, 1.165) is 24.7 Å². The summed E-state index contributed by atoms with van der Waals surface area (Å²) in [7, 11) is 1.75. The minimum Gasteiger partial charge on any atom is -0.355 e. The van der Waals surface area contributed by atoms with Crippen molar-refractivity contribution in [2.45, 2.75) is 13.1 Å². The highest BCUT2D eigenvalue weighted by atomic mass is 127. The van der Waals surface area contributed by atoms with E-state index in [1.54, 1.807) is 19.4 Å².